The van der Waals surface area contributed by atoms with E-state index in [0.717, 1.165) is 12.0 Å². The van der Waals surface area contributed by atoms with Crippen molar-refractivity contribution >= 4 is 39.6 Å². The minimum Gasteiger partial charge on any atom is -0.346 e. The number of benzene rings is 1. The number of aryl methyl sites for hydroxylation is 1. The fourth-order valence-corrected chi connectivity index (χ4v) is 8.27. The standard InChI is InChI=1S/C39H62N6O7S/c1-13-15-16-27(31(46)34(48)40-21-14-2)41-33(47)30-29-26(39(29,10)11)22-45(30)35(49)32(38(7,8)9)43-36(50)42-28(37(4,5)6)23-44(12)53(51,52)25-19-17-24(3)18-20-25/h14,17-20,26-30,32H,2,13,15-16,21-23H2,1,3-12H3,(H,40,48)(H,41,47)(H2,42,43,50)/t26-,27?,28+,29-,30-,32+/m0/s1. The Morgan fingerprint density at radius 3 is 2.13 bits per heavy atom. The molecule has 6 atom stereocenters. The molecule has 53 heavy (non-hydrogen) atoms. The molecule has 1 unspecified atom stereocenters. The van der Waals surface area contributed by atoms with E-state index in [1.165, 1.54) is 22.3 Å². The van der Waals surface area contributed by atoms with Gasteiger partial charge in [-0.15, -0.1) is 6.58 Å². The number of sulfonamides is 1. The molecule has 2 aliphatic rings. The fraction of sp³-hybridized carbons (Fsp3) is 0.667. The molecule has 1 aromatic carbocycles. The Labute approximate surface area is 316 Å². The molecule has 0 bridgehead atoms. The van der Waals surface area contributed by atoms with Crippen molar-refractivity contribution in [2.75, 3.05) is 26.7 Å². The zero-order valence-corrected chi connectivity index (χ0v) is 34.3. The van der Waals surface area contributed by atoms with E-state index in [1.54, 1.807) is 24.3 Å². The highest BCUT2D eigenvalue weighted by Crippen LogP contribution is 2.65. The average Bonchev–Trinajstić information content (AvgIpc) is 3.37. The number of unbranched alkanes of at least 4 members (excludes halogenated alkanes) is 1. The van der Waals surface area contributed by atoms with Gasteiger partial charge in [-0.3, -0.25) is 19.2 Å². The number of amides is 5. The van der Waals surface area contributed by atoms with Gasteiger partial charge in [0.15, 0.2) is 0 Å². The number of nitrogens with zero attached hydrogens (tertiary/aromatic N) is 2. The lowest BCUT2D eigenvalue weighted by Gasteiger charge is -2.39. The van der Waals surface area contributed by atoms with Crippen molar-refractivity contribution in [2.24, 2.45) is 28.1 Å². The molecule has 4 N–H and O–H groups in total. The van der Waals surface area contributed by atoms with Gasteiger partial charge < -0.3 is 26.2 Å². The van der Waals surface area contributed by atoms with Gasteiger partial charge in [0.2, 0.25) is 27.6 Å². The van der Waals surface area contributed by atoms with Crippen LogP contribution in [0.4, 0.5) is 4.79 Å². The van der Waals surface area contributed by atoms with Crippen LogP contribution in [0.25, 0.3) is 0 Å². The van der Waals surface area contributed by atoms with Gasteiger partial charge in [-0.05, 0) is 53.6 Å². The molecule has 1 aliphatic carbocycles. The van der Waals surface area contributed by atoms with Crippen molar-refractivity contribution in [2.45, 2.75) is 118 Å². The van der Waals surface area contributed by atoms with E-state index >= 15 is 0 Å². The third kappa shape index (κ3) is 10.3. The molecule has 0 radical (unpaired) electrons. The number of carbonyl (C=O) groups excluding carboxylic acids is 5. The summed E-state index contributed by atoms with van der Waals surface area (Å²) in [5.74, 6) is -2.66. The van der Waals surface area contributed by atoms with Gasteiger partial charge in [0.05, 0.1) is 10.9 Å². The molecular weight excluding hydrogens is 697 g/mol. The predicted molar refractivity (Wildman–Crippen MR) is 205 cm³/mol. The Bertz CT molecular complexity index is 1640. The fourth-order valence-electron chi connectivity index (χ4n) is 7.08. The summed E-state index contributed by atoms with van der Waals surface area (Å²) < 4.78 is 28.0. The number of piperidine rings is 1. The van der Waals surface area contributed by atoms with Crippen molar-refractivity contribution in [3.63, 3.8) is 0 Å². The summed E-state index contributed by atoms with van der Waals surface area (Å²) in [4.78, 5) is 69.7. The number of carbonyl (C=O) groups is 5. The molecule has 0 aromatic heterocycles. The van der Waals surface area contributed by atoms with Crippen LogP contribution in [0.15, 0.2) is 41.8 Å². The number of hydrogen-bond donors (Lipinski definition) is 4. The number of ketones is 1. The molecule has 0 spiro atoms. The molecule has 14 heteroatoms. The Morgan fingerprint density at radius 2 is 1.60 bits per heavy atom. The first-order chi connectivity index (χ1) is 24.4. The minimum absolute atomic E-state index is 0.0302. The maximum absolute atomic E-state index is 14.5. The molecular formula is C39H62N6O7S. The molecule has 1 saturated heterocycles. The lowest BCUT2D eigenvalue weighted by Crippen LogP contribution is -2.62. The number of likely N-dealkylation sites (N-methyl/N-ethyl adjacent to an activating group) is 1. The van der Waals surface area contributed by atoms with Crippen LogP contribution in [0.3, 0.4) is 0 Å². The third-order valence-electron chi connectivity index (χ3n) is 10.8. The summed E-state index contributed by atoms with van der Waals surface area (Å²) in [6.45, 7) is 22.9. The molecule has 1 aliphatic heterocycles. The van der Waals surface area contributed by atoms with E-state index in [0.29, 0.717) is 13.0 Å². The van der Waals surface area contributed by atoms with E-state index in [-0.39, 0.29) is 41.7 Å². The van der Waals surface area contributed by atoms with Gasteiger partial charge in [0, 0.05) is 32.7 Å². The predicted octanol–water partition coefficient (Wildman–Crippen LogP) is 3.77. The first kappa shape index (κ1) is 43.6. The number of hydrogen-bond acceptors (Lipinski definition) is 7. The van der Waals surface area contributed by atoms with E-state index < -0.39 is 74.6 Å². The average molecular weight is 759 g/mol. The van der Waals surface area contributed by atoms with Gasteiger partial charge in [-0.2, -0.15) is 4.31 Å². The van der Waals surface area contributed by atoms with Crippen LogP contribution in [0.1, 0.15) is 87.1 Å². The van der Waals surface area contributed by atoms with E-state index in [2.05, 4.69) is 27.8 Å². The van der Waals surface area contributed by atoms with E-state index in [4.69, 9.17) is 0 Å². The van der Waals surface area contributed by atoms with Gasteiger partial charge in [0.1, 0.15) is 12.1 Å². The number of nitrogens with one attached hydrogen (secondary N) is 4. The molecule has 296 valence electrons. The van der Waals surface area contributed by atoms with Crippen molar-refractivity contribution in [3.05, 3.63) is 42.5 Å². The van der Waals surface area contributed by atoms with Gasteiger partial charge in [0.25, 0.3) is 5.91 Å². The van der Waals surface area contributed by atoms with Gasteiger partial charge in [-0.25, -0.2) is 13.2 Å². The lowest BCUT2D eigenvalue weighted by molar-refractivity contribution is -0.145. The Morgan fingerprint density at radius 1 is 1.00 bits per heavy atom. The molecule has 1 aromatic rings. The Hall–Kier alpha value is -3.78. The largest absolute Gasteiger partial charge is 0.346 e. The van der Waals surface area contributed by atoms with Crippen LogP contribution in [0.2, 0.25) is 0 Å². The normalized spacial score (nSPS) is 21.1. The topological polar surface area (TPSA) is 174 Å². The van der Waals surface area contributed by atoms with Crippen molar-refractivity contribution < 1.29 is 32.4 Å². The number of likely N-dealkylation sites (tertiary alicyclic amines) is 1. The van der Waals surface area contributed by atoms with Crippen molar-refractivity contribution in [1.29, 1.82) is 0 Å². The van der Waals surface area contributed by atoms with Crippen LogP contribution >= 0.6 is 0 Å². The van der Waals surface area contributed by atoms with Crippen LogP contribution in [-0.4, -0.2) is 98.0 Å². The summed E-state index contributed by atoms with van der Waals surface area (Å²) in [7, 11) is -2.39. The first-order valence-electron chi connectivity index (χ1n) is 18.5. The van der Waals surface area contributed by atoms with Crippen LogP contribution < -0.4 is 21.3 Å². The van der Waals surface area contributed by atoms with Crippen molar-refractivity contribution in [3.8, 4) is 0 Å². The third-order valence-corrected chi connectivity index (χ3v) is 12.6. The maximum Gasteiger partial charge on any atom is 0.315 e. The molecule has 2 fully saturated rings. The quantitative estimate of drug-likeness (QED) is 0.147. The molecule has 5 amide bonds. The molecule has 13 nitrogen and oxygen atoms in total. The van der Waals surface area contributed by atoms with E-state index in [1.807, 2.05) is 69.2 Å². The van der Waals surface area contributed by atoms with Crippen LogP contribution in [0, 0.1) is 35.0 Å². The SMILES string of the molecule is C=CCNC(=O)C(=O)C(CCCC)NC(=O)[C@@H]1[C@@H]2[C@H](CN1C(=O)[C@@H](NC(=O)N[C@H](CN(C)S(=O)(=O)c1ccc(C)cc1)C(C)(C)C)C(C)(C)C)C2(C)C. The second-order valence-electron chi connectivity index (χ2n) is 17.4. The highest BCUT2D eigenvalue weighted by Gasteiger charge is 2.70. The summed E-state index contributed by atoms with van der Waals surface area (Å²) in [5, 5.41) is 11.1. The first-order valence-corrected chi connectivity index (χ1v) is 20.0. The number of rotatable bonds is 16. The Balaban J connectivity index is 1.84. The van der Waals surface area contributed by atoms with Crippen molar-refractivity contribution in [1.82, 2.24) is 30.5 Å². The minimum atomic E-state index is -3.86. The highest BCUT2D eigenvalue weighted by atomic mass is 32.2. The van der Waals surface area contributed by atoms with Gasteiger partial charge >= 0.3 is 6.03 Å². The van der Waals surface area contributed by atoms with E-state index in [9.17, 15) is 32.4 Å². The second-order valence-corrected chi connectivity index (χ2v) is 19.4. The van der Waals surface area contributed by atoms with Crippen LogP contribution in [0.5, 0.6) is 0 Å². The smallest absolute Gasteiger partial charge is 0.315 e. The monoisotopic (exact) mass is 758 g/mol. The summed E-state index contributed by atoms with van der Waals surface area (Å²) in [6, 6.07) is 2.22. The molecule has 1 saturated carbocycles. The van der Waals surface area contributed by atoms with Crippen LogP contribution in [-0.2, 0) is 29.2 Å². The van der Waals surface area contributed by atoms with Gasteiger partial charge in [-0.1, -0.05) is 98.9 Å². The molecule has 3 rings (SSSR count). The molecule has 1 heterocycles. The summed E-state index contributed by atoms with van der Waals surface area (Å²) in [6.07, 6.45) is 3.07. The number of urea groups is 1. The number of fused-ring (bicyclic) bond motifs is 1. The maximum atomic E-state index is 14.5. The number of Topliss-reactive ketones (excluding diaryl/α,β-unsaturated/α-hetero) is 1. The lowest BCUT2D eigenvalue weighted by atomic mass is 9.85. The zero-order valence-electron chi connectivity index (χ0n) is 33.5. The second kappa shape index (κ2) is 16.7. The Kier molecular flexibility index (Phi) is 13.8. The summed E-state index contributed by atoms with van der Waals surface area (Å²) in [5.41, 5.74) is -0.661. The highest BCUT2D eigenvalue weighted by molar-refractivity contribution is 7.89. The summed E-state index contributed by atoms with van der Waals surface area (Å²) >= 11 is 0. The zero-order chi connectivity index (χ0) is 40.3.